The Bertz CT molecular complexity index is 401. The Labute approximate surface area is 110 Å². The second-order valence-electron chi connectivity index (χ2n) is 5.86. The number of aryl methyl sites for hydroxylation is 1. The Morgan fingerprint density at radius 2 is 2.33 bits per heavy atom. The van der Waals surface area contributed by atoms with E-state index in [0.29, 0.717) is 0 Å². The largest absolute Gasteiger partial charge is 0.356 e. The lowest BCUT2D eigenvalue weighted by atomic mass is 9.99. The minimum Gasteiger partial charge on any atom is -0.356 e. The molecule has 18 heavy (non-hydrogen) atoms. The number of nitrogens with two attached hydrogens (primary N) is 1. The highest BCUT2D eigenvalue weighted by molar-refractivity contribution is 5.47. The van der Waals surface area contributed by atoms with Gasteiger partial charge in [-0.2, -0.15) is 0 Å². The molecule has 100 valence electrons. The number of pyridine rings is 1. The molecule has 3 nitrogen and oxygen atoms in total. The topological polar surface area (TPSA) is 42.1 Å². The molecule has 1 saturated heterocycles. The van der Waals surface area contributed by atoms with Crippen LogP contribution in [-0.2, 0) is 6.42 Å². The molecule has 0 bridgehead atoms. The van der Waals surface area contributed by atoms with Crippen LogP contribution in [0.5, 0.6) is 0 Å². The first-order valence-electron chi connectivity index (χ1n) is 7.02. The standard InChI is InChI=1S/C15H25N3/c1-11-5-4-6-18(10-11)15-12(2)7-14(9-17-15)8-13(3)16/h7,9,11,13H,4-6,8,10,16H2,1-3H3. The molecule has 2 N–H and O–H groups in total. The lowest BCUT2D eigenvalue weighted by Gasteiger charge is -2.32. The molecular weight excluding hydrogens is 222 g/mol. The van der Waals surface area contributed by atoms with E-state index < -0.39 is 0 Å². The molecule has 0 radical (unpaired) electrons. The minimum atomic E-state index is 0.201. The van der Waals surface area contributed by atoms with Gasteiger partial charge in [0.15, 0.2) is 0 Å². The molecule has 1 fully saturated rings. The Morgan fingerprint density at radius 1 is 1.56 bits per heavy atom. The van der Waals surface area contributed by atoms with Gasteiger partial charge in [0.2, 0.25) is 0 Å². The third kappa shape index (κ3) is 3.22. The minimum absolute atomic E-state index is 0.201. The van der Waals surface area contributed by atoms with Gasteiger partial charge in [-0.15, -0.1) is 0 Å². The maximum absolute atomic E-state index is 5.84. The summed E-state index contributed by atoms with van der Waals surface area (Å²) in [6.45, 7) is 8.80. The van der Waals surface area contributed by atoms with Crippen LogP contribution in [0.3, 0.4) is 0 Å². The highest BCUT2D eigenvalue weighted by atomic mass is 15.2. The number of piperidine rings is 1. The fraction of sp³-hybridized carbons (Fsp3) is 0.667. The van der Waals surface area contributed by atoms with Crippen LogP contribution < -0.4 is 10.6 Å². The number of hydrogen-bond donors (Lipinski definition) is 1. The van der Waals surface area contributed by atoms with E-state index in [2.05, 4.69) is 29.8 Å². The van der Waals surface area contributed by atoms with Gasteiger partial charge in [0.1, 0.15) is 5.82 Å². The highest BCUT2D eigenvalue weighted by Crippen LogP contribution is 2.24. The Balaban J connectivity index is 2.13. The Morgan fingerprint density at radius 3 is 2.94 bits per heavy atom. The van der Waals surface area contributed by atoms with Crippen molar-refractivity contribution < 1.29 is 0 Å². The van der Waals surface area contributed by atoms with Crippen molar-refractivity contribution in [1.29, 1.82) is 0 Å². The van der Waals surface area contributed by atoms with Gasteiger partial charge in [-0.1, -0.05) is 13.0 Å². The van der Waals surface area contributed by atoms with E-state index in [4.69, 9.17) is 5.73 Å². The molecule has 2 rings (SSSR count). The molecule has 2 atom stereocenters. The van der Waals surface area contributed by atoms with E-state index in [1.165, 1.54) is 24.0 Å². The van der Waals surface area contributed by atoms with E-state index in [0.717, 1.165) is 31.2 Å². The molecule has 2 unspecified atom stereocenters. The smallest absolute Gasteiger partial charge is 0.131 e. The molecule has 0 aliphatic carbocycles. The van der Waals surface area contributed by atoms with Crippen LogP contribution >= 0.6 is 0 Å². The first-order chi connectivity index (χ1) is 8.56. The van der Waals surface area contributed by atoms with Crippen LogP contribution in [0.15, 0.2) is 12.3 Å². The van der Waals surface area contributed by atoms with E-state index >= 15 is 0 Å². The summed E-state index contributed by atoms with van der Waals surface area (Å²) in [5.41, 5.74) is 8.36. The van der Waals surface area contributed by atoms with Gasteiger partial charge in [0, 0.05) is 25.3 Å². The lowest BCUT2D eigenvalue weighted by molar-refractivity contribution is 0.444. The number of aromatic nitrogens is 1. The summed E-state index contributed by atoms with van der Waals surface area (Å²) in [6.07, 6.45) is 5.53. The summed E-state index contributed by atoms with van der Waals surface area (Å²) in [5.74, 6) is 1.94. The maximum atomic E-state index is 5.84. The van der Waals surface area contributed by atoms with Crippen molar-refractivity contribution in [3.63, 3.8) is 0 Å². The fourth-order valence-corrected chi connectivity index (χ4v) is 2.82. The van der Waals surface area contributed by atoms with Crippen molar-refractivity contribution >= 4 is 5.82 Å². The van der Waals surface area contributed by atoms with Gasteiger partial charge in [-0.3, -0.25) is 0 Å². The predicted octanol–water partition coefficient (Wildman–Crippen LogP) is 2.52. The van der Waals surface area contributed by atoms with E-state index in [1.807, 2.05) is 13.1 Å². The molecule has 1 aliphatic rings. The van der Waals surface area contributed by atoms with Crippen LogP contribution in [0.25, 0.3) is 0 Å². The van der Waals surface area contributed by atoms with Gasteiger partial charge in [0.25, 0.3) is 0 Å². The summed E-state index contributed by atoms with van der Waals surface area (Å²) in [5, 5.41) is 0. The third-order valence-electron chi connectivity index (χ3n) is 3.62. The number of anilines is 1. The van der Waals surface area contributed by atoms with Gasteiger partial charge in [-0.25, -0.2) is 4.98 Å². The maximum Gasteiger partial charge on any atom is 0.131 e. The molecule has 3 heteroatoms. The first kappa shape index (κ1) is 13.3. The fourth-order valence-electron chi connectivity index (χ4n) is 2.82. The lowest BCUT2D eigenvalue weighted by Crippen LogP contribution is -2.35. The number of hydrogen-bond acceptors (Lipinski definition) is 3. The van der Waals surface area contributed by atoms with Crippen molar-refractivity contribution in [2.75, 3.05) is 18.0 Å². The van der Waals surface area contributed by atoms with E-state index in [1.54, 1.807) is 0 Å². The predicted molar refractivity (Wildman–Crippen MR) is 76.9 cm³/mol. The summed E-state index contributed by atoms with van der Waals surface area (Å²) < 4.78 is 0. The van der Waals surface area contributed by atoms with Crippen LogP contribution in [-0.4, -0.2) is 24.1 Å². The van der Waals surface area contributed by atoms with Gasteiger partial charge in [0.05, 0.1) is 0 Å². The quantitative estimate of drug-likeness (QED) is 0.892. The van der Waals surface area contributed by atoms with Crippen LogP contribution in [0.1, 0.15) is 37.8 Å². The van der Waals surface area contributed by atoms with E-state index in [-0.39, 0.29) is 6.04 Å². The SMILES string of the molecule is Cc1cc(CC(C)N)cnc1N1CCCC(C)C1. The summed E-state index contributed by atoms with van der Waals surface area (Å²) >= 11 is 0. The molecule has 0 spiro atoms. The van der Waals surface area contributed by atoms with Gasteiger partial charge >= 0.3 is 0 Å². The summed E-state index contributed by atoms with van der Waals surface area (Å²) in [6, 6.07) is 2.44. The molecular formula is C15H25N3. The number of nitrogens with zero attached hydrogens (tertiary/aromatic N) is 2. The molecule has 1 aromatic rings. The second-order valence-corrected chi connectivity index (χ2v) is 5.86. The third-order valence-corrected chi connectivity index (χ3v) is 3.62. The van der Waals surface area contributed by atoms with Gasteiger partial charge < -0.3 is 10.6 Å². The molecule has 0 amide bonds. The molecule has 1 aromatic heterocycles. The Kier molecular flexibility index (Phi) is 4.23. The zero-order valence-corrected chi connectivity index (χ0v) is 11.8. The van der Waals surface area contributed by atoms with E-state index in [9.17, 15) is 0 Å². The summed E-state index contributed by atoms with van der Waals surface area (Å²) in [7, 11) is 0. The van der Waals surface area contributed by atoms with Crippen molar-refractivity contribution in [3.05, 3.63) is 23.4 Å². The van der Waals surface area contributed by atoms with Crippen LogP contribution in [0.2, 0.25) is 0 Å². The van der Waals surface area contributed by atoms with Gasteiger partial charge in [-0.05, 0) is 50.2 Å². The van der Waals surface area contributed by atoms with Crippen molar-refractivity contribution in [1.82, 2.24) is 4.98 Å². The molecule has 2 heterocycles. The normalized spacial score (nSPS) is 22.0. The highest BCUT2D eigenvalue weighted by Gasteiger charge is 2.19. The summed E-state index contributed by atoms with van der Waals surface area (Å²) in [4.78, 5) is 7.09. The van der Waals surface area contributed by atoms with Crippen LogP contribution in [0, 0.1) is 12.8 Å². The first-order valence-corrected chi connectivity index (χ1v) is 7.02. The number of rotatable bonds is 3. The second kappa shape index (κ2) is 5.70. The van der Waals surface area contributed by atoms with Crippen molar-refractivity contribution in [2.24, 2.45) is 11.7 Å². The van der Waals surface area contributed by atoms with Crippen molar-refractivity contribution in [3.8, 4) is 0 Å². The monoisotopic (exact) mass is 247 g/mol. The average molecular weight is 247 g/mol. The average Bonchev–Trinajstić information content (AvgIpc) is 2.28. The molecule has 0 saturated carbocycles. The Hall–Kier alpha value is -1.09. The zero-order chi connectivity index (χ0) is 13.1. The zero-order valence-electron chi connectivity index (χ0n) is 11.8. The van der Waals surface area contributed by atoms with Crippen molar-refractivity contribution in [2.45, 2.75) is 46.1 Å². The molecule has 0 aromatic carbocycles. The molecule has 1 aliphatic heterocycles. The van der Waals surface area contributed by atoms with Crippen LogP contribution in [0.4, 0.5) is 5.82 Å².